The summed E-state index contributed by atoms with van der Waals surface area (Å²) < 4.78 is 0. The predicted octanol–water partition coefficient (Wildman–Crippen LogP) is 3.70. The van der Waals surface area contributed by atoms with Crippen molar-refractivity contribution in [3.63, 3.8) is 0 Å². The Bertz CT molecular complexity index is 204. The summed E-state index contributed by atoms with van der Waals surface area (Å²) in [7, 11) is 0. The van der Waals surface area contributed by atoms with E-state index in [0.29, 0.717) is 5.92 Å². The first kappa shape index (κ1) is 9.15. The molecule has 0 amide bonds. The van der Waals surface area contributed by atoms with Gasteiger partial charge in [-0.1, -0.05) is 37.6 Å². The molecule has 0 aliphatic heterocycles. The Morgan fingerprint density at radius 1 is 1.55 bits per heavy atom. The minimum absolute atomic E-state index is 0.210. The lowest BCUT2D eigenvalue weighted by molar-refractivity contribution is 0.502. The number of allylic oxidation sites excluding steroid dienone is 4. The van der Waals surface area contributed by atoms with Crippen molar-refractivity contribution in [1.82, 2.24) is 0 Å². The van der Waals surface area contributed by atoms with E-state index < -0.39 is 0 Å². The van der Waals surface area contributed by atoms with Gasteiger partial charge in [-0.05, 0) is 18.4 Å². The summed E-state index contributed by atoms with van der Waals surface area (Å²) >= 11 is 12.0. The zero-order valence-corrected chi connectivity index (χ0v) is 8.28. The fraction of sp³-hybridized carbons (Fsp3) is 0.556. The third-order valence-electron chi connectivity index (χ3n) is 2.09. The van der Waals surface area contributed by atoms with Crippen LogP contribution in [-0.4, -0.2) is 4.87 Å². The fourth-order valence-corrected chi connectivity index (χ4v) is 1.32. The van der Waals surface area contributed by atoms with Crippen molar-refractivity contribution in [3.05, 3.63) is 23.3 Å². The van der Waals surface area contributed by atoms with Gasteiger partial charge in [-0.2, -0.15) is 0 Å². The molecular formula is C9H12Cl2. The van der Waals surface area contributed by atoms with E-state index in [1.807, 2.05) is 18.2 Å². The maximum Gasteiger partial charge on any atom is 0.0687 e. The van der Waals surface area contributed by atoms with E-state index in [2.05, 4.69) is 13.8 Å². The number of alkyl halides is 1. The molecule has 0 heterocycles. The Balaban J connectivity index is 2.74. The number of hydrogen-bond acceptors (Lipinski definition) is 0. The topological polar surface area (TPSA) is 0 Å². The minimum Gasteiger partial charge on any atom is -0.114 e. The molecule has 1 unspecified atom stereocenters. The Morgan fingerprint density at radius 2 is 2.18 bits per heavy atom. The molecule has 1 rings (SSSR count). The highest BCUT2D eigenvalue weighted by atomic mass is 35.5. The Morgan fingerprint density at radius 3 is 2.55 bits per heavy atom. The Labute approximate surface area is 77.9 Å². The van der Waals surface area contributed by atoms with E-state index in [1.54, 1.807) is 0 Å². The van der Waals surface area contributed by atoms with Crippen molar-refractivity contribution in [2.75, 3.05) is 0 Å². The second-order valence-electron chi connectivity index (χ2n) is 3.21. The van der Waals surface area contributed by atoms with Gasteiger partial charge in [0.2, 0.25) is 0 Å². The lowest BCUT2D eigenvalue weighted by Gasteiger charge is -2.28. The molecule has 1 aliphatic rings. The highest BCUT2D eigenvalue weighted by Gasteiger charge is 2.28. The van der Waals surface area contributed by atoms with E-state index in [0.717, 1.165) is 11.5 Å². The number of hydrogen-bond donors (Lipinski definition) is 0. The standard InChI is InChI=1S/C9H12Cl2/c1-7(2)9(11)5-3-8(10)4-6-9/h3-5,7H,6H2,1-2H3. The molecule has 0 aromatic rings. The maximum atomic E-state index is 6.29. The average molecular weight is 191 g/mol. The summed E-state index contributed by atoms with van der Waals surface area (Å²) in [6, 6.07) is 0. The Hall–Kier alpha value is 0.0600. The quantitative estimate of drug-likeness (QED) is 0.554. The monoisotopic (exact) mass is 190 g/mol. The summed E-state index contributed by atoms with van der Waals surface area (Å²) in [5.41, 5.74) is 0. The van der Waals surface area contributed by atoms with Gasteiger partial charge in [-0.15, -0.1) is 11.6 Å². The SMILES string of the molecule is CC(C)C1(Cl)C=CC(Cl)=CC1. The van der Waals surface area contributed by atoms with Gasteiger partial charge in [-0.3, -0.25) is 0 Å². The predicted molar refractivity (Wildman–Crippen MR) is 51.1 cm³/mol. The molecule has 62 valence electrons. The summed E-state index contributed by atoms with van der Waals surface area (Å²) in [4.78, 5) is -0.210. The molecule has 0 aromatic heterocycles. The molecule has 0 radical (unpaired) electrons. The zero-order valence-electron chi connectivity index (χ0n) is 6.77. The maximum absolute atomic E-state index is 6.29. The summed E-state index contributed by atoms with van der Waals surface area (Å²) in [6.07, 6.45) is 6.66. The van der Waals surface area contributed by atoms with Crippen LogP contribution in [0.1, 0.15) is 20.3 Å². The molecule has 0 aromatic carbocycles. The first-order valence-corrected chi connectivity index (χ1v) is 4.54. The van der Waals surface area contributed by atoms with Crippen LogP contribution in [0, 0.1) is 5.92 Å². The van der Waals surface area contributed by atoms with Crippen molar-refractivity contribution in [2.24, 2.45) is 5.92 Å². The van der Waals surface area contributed by atoms with E-state index in [1.165, 1.54) is 0 Å². The smallest absolute Gasteiger partial charge is 0.0687 e. The third-order valence-corrected chi connectivity index (χ3v) is 3.09. The van der Waals surface area contributed by atoms with Crippen LogP contribution in [0.3, 0.4) is 0 Å². The molecule has 0 fully saturated rings. The zero-order chi connectivity index (χ0) is 8.48. The number of halogens is 2. The van der Waals surface area contributed by atoms with Crippen LogP contribution in [0.25, 0.3) is 0 Å². The highest BCUT2D eigenvalue weighted by Crippen LogP contribution is 2.35. The van der Waals surface area contributed by atoms with Crippen molar-refractivity contribution < 1.29 is 0 Å². The lowest BCUT2D eigenvalue weighted by atomic mass is 9.89. The van der Waals surface area contributed by atoms with Crippen LogP contribution in [0.4, 0.5) is 0 Å². The summed E-state index contributed by atoms with van der Waals surface area (Å²) in [5, 5.41) is 0.793. The second kappa shape index (κ2) is 3.20. The molecule has 1 atom stereocenters. The molecule has 1 aliphatic carbocycles. The van der Waals surface area contributed by atoms with Gasteiger partial charge in [0, 0.05) is 5.03 Å². The lowest BCUT2D eigenvalue weighted by Crippen LogP contribution is -2.26. The Kier molecular flexibility index (Phi) is 2.66. The average Bonchev–Trinajstić information content (AvgIpc) is 1.95. The van der Waals surface area contributed by atoms with E-state index in [4.69, 9.17) is 23.2 Å². The summed E-state index contributed by atoms with van der Waals surface area (Å²) in [6.45, 7) is 4.23. The molecular weight excluding hydrogens is 179 g/mol. The molecule has 2 heteroatoms. The van der Waals surface area contributed by atoms with Crippen molar-refractivity contribution in [1.29, 1.82) is 0 Å². The van der Waals surface area contributed by atoms with Gasteiger partial charge >= 0.3 is 0 Å². The van der Waals surface area contributed by atoms with Crippen LogP contribution >= 0.6 is 23.2 Å². The fourth-order valence-electron chi connectivity index (χ4n) is 1.04. The van der Waals surface area contributed by atoms with Crippen LogP contribution < -0.4 is 0 Å². The first-order valence-electron chi connectivity index (χ1n) is 3.78. The molecule has 11 heavy (non-hydrogen) atoms. The van der Waals surface area contributed by atoms with E-state index >= 15 is 0 Å². The molecule has 0 spiro atoms. The van der Waals surface area contributed by atoms with Crippen molar-refractivity contribution >= 4 is 23.2 Å². The van der Waals surface area contributed by atoms with Gasteiger partial charge in [0.1, 0.15) is 0 Å². The van der Waals surface area contributed by atoms with Gasteiger partial charge in [0.25, 0.3) is 0 Å². The third kappa shape index (κ3) is 2.00. The van der Waals surface area contributed by atoms with Crippen LogP contribution in [0.5, 0.6) is 0 Å². The largest absolute Gasteiger partial charge is 0.114 e. The van der Waals surface area contributed by atoms with Gasteiger partial charge in [-0.25, -0.2) is 0 Å². The van der Waals surface area contributed by atoms with Crippen LogP contribution in [-0.2, 0) is 0 Å². The molecule has 0 N–H and O–H groups in total. The normalized spacial score (nSPS) is 30.8. The van der Waals surface area contributed by atoms with Crippen molar-refractivity contribution in [2.45, 2.75) is 25.1 Å². The molecule has 0 nitrogen and oxygen atoms in total. The van der Waals surface area contributed by atoms with E-state index in [-0.39, 0.29) is 4.87 Å². The van der Waals surface area contributed by atoms with Crippen LogP contribution in [0.15, 0.2) is 23.3 Å². The van der Waals surface area contributed by atoms with Crippen molar-refractivity contribution in [3.8, 4) is 0 Å². The number of rotatable bonds is 1. The first-order chi connectivity index (χ1) is 5.04. The summed E-state index contributed by atoms with van der Waals surface area (Å²) in [5.74, 6) is 0.446. The van der Waals surface area contributed by atoms with Crippen LogP contribution in [0.2, 0.25) is 0 Å². The van der Waals surface area contributed by atoms with Gasteiger partial charge < -0.3 is 0 Å². The van der Waals surface area contributed by atoms with E-state index in [9.17, 15) is 0 Å². The molecule has 0 saturated carbocycles. The van der Waals surface area contributed by atoms with Gasteiger partial charge in [0.15, 0.2) is 0 Å². The minimum atomic E-state index is -0.210. The second-order valence-corrected chi connectivity index (χ2v) is 4.35. The molecule has 0 bridgehead atoms. The van der Waals surface area contributed by atoms with Gasteiger partial charge in [0.05, 0.1) is 4.87 Å². The molecule has 0 saturated heterocycles. The highest BCUT2D eigenvalue weighted by molar-refractivity contribution is 6.32.